The van der Waals surface area contributed by atoms with Crippen molar-refractivity contribution in [3.8, 4) is 0 Å². The van der Waals surface area contributed by atoms with Gasteiger partial charge >= 0.3 is 6.18 Å². The maximum atomic E-state index is 12.0. The van der Waals surface area contributed by atoms with Gasteiger partial charge in [-0.05, 0) is 24.8 Å². The van der Waals surface area contributed by atoms with E-state index < -0.39 is 12.8 Å². The van der Waals surface area contributed by atoms with E-state index in [-0.39, 0.29) is 12.0 Å². The zero-order valence-corrected chi connectivity index (χ0v) is 15.2. The minimum Gasteiger partial charge on any atom is -0.372 e. The second-order valence-corrected chi connectivity index (χ2v) is 6.95. The van der Waals surface area contributed by atoms with Gasteiger partial charge in [-0.2, -0.15) is 13.2 Å². The Morgan fingerprint density at radius 2 is 2.04 bits per heavy atom. The molecule has 1 aromatic heterocycles. The molecule has 0 radical (unpaired) electrons. The Kier molecular flexibility index (Phi) is 8.55. The van der Waals surface area contributed by atoms with Gasteiger partial charge in [-0.25, -0.2) is 0 Å². The lowest BCUT2D eigenvalue weighted by molar-refractivity contribution is -0.173. The monoisotopic (exact) mass is 365 g/mol. The minimum absolute atomic E-state index is 0.0621. The Balaban J connectivity index is 2.37. The van der Waals surface area contributed by atoms with Crippen LogP contribution in [0.3, 0.4) is 0 Å². The predicted octanol–water partition coefficient (Wildman–Crippen LogP) is 3.55. The highest BCUT2D eigenvalue weighted by Gasteiger charge is 2.27. The van der Waals surface area contributed by atoms with Crippen LogP contribution in [0.25, 0.3) is 0 Å². The lowest BCUT2D eigenvalue weighted by Gasteiger charge is -2.21. The van der Waals surface area contributed by atoms with Crippen molar-refractivity contribution in [2.24, 2.45) is 4.99 Å². The molecular formula is C16H26F3N3OS. The molecule has 0 aliphatic heterocycles. The van der Waals surface area contributed by atoms with Crippen LogP contribution >= 0.6 is 11.3 Å². The van der Waals surface area contributed by atoms with E-state index in [0.717, 1.165) is 6.54 Å². The average Bonchev–Trinajstić information content (AvgIpc) is 3.02. The number of halogens is 3. The van der Waals surface area contributed by atoms with E-state index in [4.69, 9.17) is 0 Å². The number of hydrogen-bond donors (Lipinski definition) is 2. The summed E-state index contributed by atoms with van der Waals surface area (Å²) in [6, 6.07) is 4.12. The number of ether oxygens (including phenoxy) is 1. The van der Waals surface area contributed by atoms with Crippen molar-refractivity contribution in [3.05, 3.63) is 22.4 Å². The van der Waals surface area contributed by atoms with Gasteiger partial charge in [-0.3, -0.25) is 4.99 Å². The number of nitrogens with one attached hydrogen (secondary N) is 2. The third-order valence-corrected chi connectivity index (χ3v) is 4.42. The van der Waals surface area contributed by atoms with Gasteiger partial charge < -0.3 is 15.4 Å². The number of guanidine groups is 1. The number of hydrogen-bond acceptors (Lipinski definition) is 3. The van der Waals surface area contributed by atoms with Crippen molar-refractivity contribution >= 4 is 17.3 Å². The first kappa shape index (κ1) is 20.8. The quantitative estimate of drug-likeness (QED) is 0.400. The van der Waals surface area contributed by atoms with E-state index in [9.17, 15) is 13.2 Å². The Morgan fingerprint density at radius 3 is 2.62 bits per heavy atom. The lowest BCUT2D eigenvalue weighted by atomic mass is 9.92. The van der Waals surface area contributed by atoms with Gasteiger partial charge in [0.2, 0.25) is 0 Å². The Morgan fingerprint density at radius 1 is 1.29 bits per heavy atom. The highest BCUT2D eigenvalue weighted by molar-refractivity contribution is 7.10. The standard InChI is InChI=1S/C16H26F3N3OS/c1-4-20-14(21-8-6-9-23-12-16(17,18)19)22-11-15(2,3)13-7-5-10-24-13/h5,7,10H,4,6,8-9,11-12H2,1-3H3,(H2,20,21,22). The van der Waals surface area contributed by atoms with Crippen molar-refractivity contribution in [1.29, 1.82) is 0 Å². The number of rotatable bonds is 9. The van der Waals surface area contributed by atoms with Crippen molar-refractivity contribution in [1.82, 2.24) is 10.6 Å². The molecule has 0 spiro atoms. The number of alkyl halides is 3. The minimum atomic E-state index is -4.27. The normalized spacial score (nSPS) is 13.2. The SMILES string of the molecule is CCNC(=NCC(C)(C)c1cccs1)NCCCOCC(F)(F)F. The Labute approximate surface area is 145 Å². The molecule has 0 aliphatic carbocycles. The van der Waals surface area contributed by atoms with Crippen LogP contribution in [0.1, 0.15) is 32.1 Å². The fraction of sp³-hybridized carbons (Fsp3) is 0.688. The first-order chi connectivity index (χ1) is 11.2. The van der Waals surface area contributed by atoms with E-state index in [1.807, 2.05) is 18.4 Å². The second kappa shape index (κ2) is 9.88. The fourth-order valence-corrected chi connectivity index (χ4v) is 2.77. The zero-order valence-electron chi connectivity index (χ0n) is 14.4. The molecule has 0 amide bonds. The molecular weight excluding hydrogens is 339 g/mol. The molecule has 0 atom stereocenters. The van der Waals surface area contributed by atoms with E-state index >= 15 is 0 Å². The molecule has 1 heterocycles. The van der Waals surface area contributed by atoms with Crippen LogP contribution in [-0.4, -0.2) is 45.0 Å². The van der Waals surface area contributed by atoms with Crippen molar-refractivity contribution in [2.75, 3.05) is 32.8 Å². The van der Waals surface area contributed by atoms with Gasteiger partial charge in [-0.15, -0.1) is 11.3 Å². The molecule has 1 aromatic rings. The first-order valence-corrected chi connectivity index (χ1v) is 8.83. The summed E-state index contributed by atoms with van der Waals surface area (Å²) in [6.07, 6.45) is -3.79. The first-order valence-electron chi connectivity index (χ1n) is 7.95. The summed E-state index contributed by atoms with van der Waals surface area (Å²) in [7, 11) is 0. The topological polar surface area (TPSA) is 45.7 Å². The largest absolute Gasteiger partial charge is 0.411 e. The molecule has 0 unspecified atom stereocenters. The summed E-state index contributed by atoms with van der Waals surface area (Å²) in [6.45, 7) is 6.94. The molecule has 0 bridgehead atoms. The molecule has 0 aliphatic rings. The van der Waals surface area contributed by atoms with E-state index in [1.165, 1.54) is 4.88 Å². The number of aliphatic imine (C=N–C) groups is 1. The fourth-order valence-electron chi connectivity index (χ4n) is 1.93. The molecule has 1 rings (SSSR count). The predicted molar refractivity (Wildman–Crippen MR) is 92.8 cm³/mol. The van der Waals surface area contributed by atoms with Gasteiger partial charge in [0.1, 0.15) is 6.61 Å². The summed E-state index contributed by atoms with van der Waals surface area (Å²) in [4.78, 5) is 5.84. The smallest absolute Gasteiger partial charge is 0.372 e. The van der Waals surface area contributed by atoms with Crippen molar-refractivity contribution in [3.63, 3.8) is 0 Å². The van der Waals surface area contributed by atoms with Crippen LogP contribution in [0.2, 0.25) is 0 Å². The molecule has 0 saturated carbocycles. The Bertz CT molecular complexity index is 487. The number of thiophene rings is 1. The van der Waals surface area contributed by atoms with Gasteiger partial charge in [-0.1, -0.05) is 19.9 Å². The van der Waals surface area contributed by atoms with Crippen LogP contribution in [-0.2, 0) is 10.2 Å². The maximum absolute atomic E-state index is 12.0. The van der Waals surface area contributed by atoms with Crippen molar-refractivity contribution in [2.45, 2.75) is 38.8 Å². The summed E-state index contributed by atoms with van der Waals surface area (Å²) in [5, 5.41) is 8.30. The van der Waals surface area contributed by atoms with Gasteiger partial charge in [0.15, 0.2) is 5.96 Å². The molecule has 0 aromatic carbocycles. The highest BCUT2D eigenvalue weighted by atomic mass is 32.1. The second-order valence-electron chi connectivity index (χ2n) is 6.00. The Hall–Kier alpha value is -1.28. The maximum Gasteiger partial charge on any atom is 0.411 e. The third kappa shape index (κ3) is 8.54. The molecule has 0 fully saturated rings. The summed E-state index contributed by atoms with van der Waals surface area (Å²) in [5.74, 6) is 0.665. The molecule has 0 saturated heterocycles. The summed E-state index contributed by atoms with van der Waals surface area (Å²) >= 11 is 1.71. The van der Waals surface area contributed by atoms with Gasteiger partial charge in [0.25, 0.3) is 0 Å². The van der Waals surface area contributed by atoms with E-state index in [1.54, 1.807) is 11.3 Å². The zero-order chi connectivity index (χ0) is 18.1. The lowest BCUT2D eigenvalue weighted by Crippen LogP contribution is -2.39. The van der Waals surface area contributed by atoms with Crippen molar-refractivity contribution < 1.29 is 17.9 Å². The molecule has 138 valence electrons. The summed E-state index contributed by atoms with van der Waals surface area (Å²) in [5.41, 5.74) is -0.0632. The number of nitrogens with zero attached hydrogens (tertiary/aromatic N) is 1. The van der Waals surface area contributed by atoms with E-state index in [0.29, 0.717) is 25.5 Å². The average molecular weight is 365 g/mol. The van der Waals surface area contributed by atoms with Crippen LogP contribution in [0.15, 0.2) is 22.5 Å². The molecule has 4 nitrogen and oxygen atoms in total. The van der Waals surface area contributed by atoms with Gasteiger partial charge in [0, 0.05) is 30.0 Å². The molecule has 8 heteroatoms. The van der Waals surface area contributed by atoms with Crippen LogP contribution in [0, 0.1) is 0 Å². The molecule has 2 N–H and O–H groups in total. The van der Waals surface area contributed by atoms with Gasteiger partial charge in [0.05, 0.1) is 6.54 Å². The van der Waals surface area contributed by atoms with Crippen LogP contribution in [0.4, 0.5) is 13.2 Å². The van der Waals surface area contributed by atoms with Crippen LogP contribution in [0.5, 0.6) is 0 Å². The molecule has 24 heavy (non-hydrogen) atoms. The highest BCUT2D eigenvalue weighted by Crippen LogP contribution is 2.27. The van der Waals surface area contributed by atoms with E-state index in [2.05, 4.69) is 40.3 Å². The van der Waals surface area contributed by atoms with Crippen LogP contribution < -0.4 is 10.6 Å². The third-order valence-electron chi connectivity index (χ3n) is 3.19. The summed E-state index contributed by atoms with van der Waals surface area (Å²) < 4.78 is 40.4.